The average Bonchev–Trinajstić information content (AvgIpc) is 2.53. The van der Waals surface area contributed by atoms with Gasteiger partial charge in [-0.05, 0) is 54.7 Å². The highest BCUT2D eigenvalue weighted by molar-refractivity contribution is 5.94. The number of allylic oxidation sites excluding steroid dienone is 2. The van der Waals surface area contributed by atoms with Crippen LogP contribution in [-0.2, 0) is 4.79 Å². The summed E-state index contributed by atoms with van der Waals surface area (Å²) >= 11 is 0. The quantitative estimate of drug-likeness (QED) is 0.527. The molecule has 1 aromatic carbocycles. The summed E-state index contributed by atoms with van der Waals surface area (Å²) in [6.07, 6.45) is 8.29. The van der Waals surface area contributed by atoms with Gasteiger partial charge in [0.15, 0.2) is 0 Å². The van der Waals surface area contributed by atoms with E-state index >= 15 is 0 Å². The van der Waals surface area contributed by atoms with Gasteiger partial charge in [0.05, 0.1) is 0 Å². The Balaban J connectivity index is 1.63. The number of ether oxygens (including phenoxy) is 1. The van der Waals surface area contributed by atoms with Crippen LogP contribution >= 0.6 is 0 Å². The molecule has 4 rings (SSSR count). The molecule has 0 aromatic heterocycles. The maximum Gasteiger partial charge on any atom is 0.308 e. The molecule has 0 radical (unpaired) electrons. The molecular formula is C19H23NO3. The number of rotatable bonds is 4. The Kier molecular flexibility index (Phi) is 4.24. The van der Waals surface area contributed by atoms with Gasteiger partial charge >= 0.3 is 5.97 Å². The van der Waals surface area contributed by atoms with Gasteiger partial charge < -0.3 is 10.1 Å². The molecule has 0 saturated heterocycles. The first-order valence-corrected chi connectivity index (χ1v) is 8.21. The maximum absolute atomic E-state index is 12.4. The predicted molar refractivity (Wildman–Crippen MR) is 88.2 cm³/mol. The minimum Gasteiger partial charge on any atom is -0.427 e. The minimum atomic E-state index is -0.389. The lowest BCUT2D eigenvalue weighted by Crippen LogP contribution is -2.45. The average molecular weight is 313 g/mol. The molecule has 4 nitrogen and oxygen atoms in total. The highest BCUT2D eigenvalue weighted by Crippen LogP contribution is 2.48. The zero-order valence-electron chi connectivity index (χ0n) is 13.7. The first kappa shape index (κ1) is 15.8. The van der Waals surface area contributed by atoms with Gasteiger partial charge in [0, 0.05) is 19.0 Å². The van der Waals surface area contributed by atoms with Gasteiger partial charge in [0.2, 0.25) is 0 Å². The summed E-state index contributed by atoms with van der Waals surface area (Å²) in [6.45, 7) is 4.29. The number of benzene rings is 1. The van der Waals surface area contributed by atoms with E-state index in [1.807, 2.05) is 0 Å². The third-order valence-corrected chi connectivity index (χ3v) is 5.10. The van der Waals surface area contributed by atoms with Gasteiger partial charge in [-0.15, -0.1) is 0 Å². The molecule has 2 bridgehead atoms. The van der Waals surface area contributed by atoms with E-state index in [9.17, 15) is 9.59 Å². The van der Waals surface area contributed by atoms with Crippen molar-refractivity contribution >= 4 is 11.9 Å². The van der Waals surface area contributed by atoms with E-state index in [4.69, 9.17) is 4.74 Å². The van der Waals surface area contributed by atoms with E-state index in [1.54, 1.807) is 24.3 Å². The molecule has 3 atom stereocenters. The molecule has 23 heavy (non-hydrogen) atoms. The summed E-state index contributed by atoms with van der Waals surface area (Å²) in [5.74, 6) is 1.11. The third-order valence-electron chi connectivity index (χ3n) is 5.10. The van der Waals surface area contributed by atoms with Gasteiger partial charge in [-0.3, -0.25) is 9.59 Å². The highest BCUT2D eigenvalue weighted by atomic mass is 16.5. The molecule has 1 saturated carbocycles. The molecule has 0 aliphatic heterocycles. The number of fused-ring (bicyclic) bond motifs is 2. The second-order valence-corrected chi connectivity index (χ2v) is 6.99. The first-order chi connectivity index (χ1) is 11.0. The third kappa shape index (κ3) is 3.46. The van der Waals surface area contributed by atoms with Crippen LogP contribution in [0.5, 0.6) is 5.75 Å². The van der Waals surface area contributed by atoms with E-state index in [2.05, 4.69) is 24.4 Å². The second kappa shape index (κ2) is 6.19. The Morgan fingerprint density at radius 2 is 2.13 bits per heavy atom. The van der Waals surface area contributed by atoms with Crippen molar-refractivity contribution in [2.75, 3.05) is 6.54 Å². The molecule has 1 N–H and O–H groups in total. The lowest BCUT2D eigenvalue weighted by atomic mass is 9.60. The molecule has 1 aromatic rings. The summed E-state index contributed by atoms with van der Waals surface area (Å²) in [5.41, 5.74) is 0.657. The van der Waals surface area contributed by atoms with Gasteiger partial charge in [-0.1, -0.05) is 25.1 Å². The van der Waals surface area contributed by atoms with Crippen molar-refractivity contribution in [1.82, 2.24) is 5.32 Å². The molecule has 3 unspecified atom stereocenters. The lowest BCUT2D eigenvalue weighted by Gasteiger charge is -2.46. The van der Waals surface area contributed by atoms with Crippen LogP contribution in [0.1, 0.15) is 43.5 Å². The zero-order chi connectivity index (χ0) is 16.4. The molecular weight excluding hydrogens is 290 g/mol. The summed E-state index contributed by atoms with van der Waals surface area (Å²) in [6, 6.07) is 6.73. The lowest BCUT2D eigenvalue weighted by molar-refractivity contribution is -0.131. The van der Waals surface area contributed by atoms with Gasteiger partial charge in [-0.2, -0.15) is 0 Å². The van der Waals surface area contributed by atoms with Gasteiger partial charge in [-0.25, -0.2) is 0 Å². The summed E-state index contributed by atoms with van der Waals surface area (Å²) < 4.78 is 5.03. The minimum absolute atomic E-state index is 0.120. The molecule has 122 valence electrons. The van der Waals surface area contributed by atoms with Gasteiger partial charge in [0.25, 0.3) is 5.91 Å². The van der Waals surface area contributed by atoms with Crippen LogP contribution in [0.15, 0.2) is 36.4 Å². The molecule has 0 heterocycles. The Morgan fingerprint density at radius 3 is 2.74 bits per heavy atom. The fraction of sp³-hybridized carbons (Fsp3) is 0.474. The monoisotopic (exact) mass is 313 g/mol. The molecule has 3 aliphatic rings. The molecule has 4 heteroatoms. The fourth-order valence-corrected chi connectivity index (χ4v) is 3.83. The number of carbonyl (C=O) groups is 2. The number of hydrogen-bond donors (Lipinski definition) is 1. The zero-order valence-corrected chi connectivity index (χ0v) is 13.7. The van der Waals surface area contributed by atoms with Crippen LogP contribution in [0.3, 0.4) is 0 Å². The van der Waals surface area contributed by atoms with Crippen molar-refractivity contribution < 1.29 is 14.3 Å². The predicted octanol–water partition coefficient (Wildman–Crippen LogP) is 3.33. The number of amides is 1. The topological polar surface area (TPSA) is 55.4 Å². The van der Waals surface area contributed by atoms with Crippen molar-refractivity contribution in [2.45, 2.75) is 33.1 Å². The Labute approximate surface area is 136 Å². The van der Waals surface area contributed by atoms with Crippen molar-refractivity contribution in [2.24, 2.45) is 17.3 Å². The summed E-state index contributed by atoms with van der Waals surface area (Å²) in [5, 5.41) is 3.06. The van der Waals surface area contributed by atoms with E-state index < -0.39 is 0 Å². The number of hydrogen-bond acceptors (Lipinski definition) is 3. The van der Waals surface area contributed by atoms with Crippen LogP contribution in [0.4, 0.5) is 0 Å². The van der Waals surface area contributed by atoms with E-state index in [0.717, 1.165) is 6.42 Å². The van der Waals surface area contributed by atoms with Crippen molar-refractivity contribution in [1.29, 1.82) is 0 Å². The molecule has 1 amide bonds. The van der Waals surface area contributed by atoms with Crippen molar-refractivity contribution in [3.8, 4) is 5.75 Å². The first-order valence-electron chi connectivity index (χ1n) is 8.21. The molecule has 1 fully saturated rings. The number of nitrogens with one attached hydrogen (secondary N) is 1. The van der Waals surface area contributed by atoms with Crippen molar-refractivity contribution in [3.05, 3.63) is 42.0 Å². The highest BCUT2D eigenvalue weighted by Gasteiger charge is 2.41. The van der Waals surface area contributed by atoms with Crippen LogP contribution in [0, 0.1) is 17.3 Å². The number of esters is 1. The van der Waals surface area contributed by atoms with Crippen LogP contribution in [0.25, 0.3) is 0 Å². The Bertz CT molecular complexity index is 652. The largest absolute Gasteiger partial charge is 0.427 e. The van der Waals surface area contributed by atoms with E-state index in [0.29, 0.717) is 29.7 Å². The van der Waals surface area contributed by atoms with Crippen LogP contribution in [0.2, 0.25) is 0 Å². The summed E-state index contributed by atoms with van der Waals surface area (Å²) in [7, 11) is 0. The smallest absolute Gasteiger partial charge is 0.308 e. The van der Waals surface area contributed by atoms with Crippen LogP contribution < -0.4 is 10.1 Å². The van der Waals surface area contributed by atoms with E-state index in [1.165, 1.54) is 19.8 Å². The Hall–Kier alpha value is -2.10. The molecule has 3 aliphatic carbocycles. The normalized spacial score (nSPS) is 28.4. The Morgan fingerprint density at radius 1 is 1.30 bits per heavy atom. The number of carbonyl (C=O) groups excluding carboxylic acids is 2. The van der Waals surface area contributed by atoms with E-state index in [-0.39, 0.29) is 17.3 Å². The summed E-state index contributed by atoms with van der Waals surface area (Å²) in [4.78, 5) is 23.4. The molecule has 0 spiro atoms. The van der Waals surface area contributed by atoms with Crippen molar-refractivity contribution in [3.63, 3.8) is 0 Å². The SMILES string of the molecule is CC(=O)Oc1cccc(C(=O)NCC2(C)CC3C=CC2CC3)c1. The van der Waals surface area contributed by atoms with Gasteiger partial charge in [0.1, 0.15) is 5.75 Å². The fourth-order valence-electron chi connectivity index (χ4n) is 3.83. The standard InChI is InChI=1S/C19H23NO3/c1-13(21)23-17-5-3-4-15(10-17)18(22)20-12-19(2)11-14-6-8-16(19)9-7-14/h3-6,8,10,14,16H,7,9,11-12H2,1-2H3,(H,20,22). The van der Waals surface area contributed by atoms with Crippen LogP contribution in [-0.4, -0.2) is 18.4 Å². The maximum atomic E-state index is 12.4. The second-order valence-electron chi connectivity index (χ2n) is 6.99.